The van der Waals surface area contributed by atoms with Crippen LogP contribution >= 0.6 is 58.0 Å². The lowest BCUT2D eigenvalue weighted by Gasteiger charge is -2.14. The van der Waals surface area contributed by atoms with Gasteiger partial charge in [-0.25, -0.2) is 5.01 Å². The van der Waals surface area contributed by atoms with Gasteiger partial charge >= 0.3 is 6.18 Å². The van der Waals surface area contributed by atoms with E-state index in [4.69, 9.17) is 58.0 Å². The van der Waals surface area contributed by atoms with E-state index in [1.54, 1.807) is 12.1 Å². The number of hydrogen-bond donors (Lipinski definition) is 1. The maximum absolute atomic E-state index is 12.9. The van der Waals surface area contributed by atoms with E-state index in [1.807, 2.05) is 0 Å². The summed E-state index contributed by atoms with van der Waals surface area (Å²) in [7, 11) is 1.18. The summed E-state index contributed by atoms with van der Waals surface area (Å²) >= 11 is 30.8. The molecule has 1 aliphatic carbocycles. The average Bonchev–Trinajstić information content (AvgIpc) is 3.29. The van der Waals surface area contributed by atoms with Crippen molar-refractivity contribution in [1.82, 2.24) is 5.01 Å². The van der Waals surface area contributed by atoms with Gasteiger partial charge in [0.25, 0.3) is 5.91 Å². The molecule has 2 aromatic rings. The monoisotopic (exact) mass is 573 g/mol. The van der Waals surface area contributed by atoms with Gasteiger partial charge in [0.15, 0.2) is 0 Å². The normalized spacial score (nSPS) is 19.2. The van der Waals surface area contributed by atoms with Crippen molar-refractivity contribution in [1.29, 1.82) is 0 Å². The van der Waals surface area contributed by atoms with Crippen molar-refractivity contribution < 1.29 is 22.8 Å². The number of benzene rings is 2. The van der Waals surface area contributed by atoms with Crippen LogP contribution in [0.5, 0.6) is 0 Å². The molecular weight excluding hydrogens is 561 g/mol. The van der Waals surface area contributed by atoms with E-state index < -0.39 is 40.6 Å². The van der Waals surface area contributed by atoms with E-state index in [1.165, 1.54) is 31.3 Å². The molecule has 0 aliphatic heterocycles. The lowest BCUT2D eigenvalue weighted by Crippen LogP contribution is -2.23. The average molecular weight is 576 g/mol. The molecule has 13 heteroatoms. The number of nitrogens with zero attached hydrogens (tertiary/aromatic N) is 2. The standard InChI is InChI=1S/C21H15Cl5F3N3O2/c1-32(30-5-4-20(27,28)29)19(34)14-9-13(2-3-15(14)24)31-18(33)17-16(21(17,25)26)10-6-11(22)8-12(23)7-10/h2-3,5-9,16-17H,4H2,1H3,(H,31,33). The van der Waals surface area contributed by atoms with Crippen molar-refractivity contribution in [2.75, 3.05) is 12.4 Å². The maximum Gasteiger partial charge on any atom is 0.394 e. The fraction of sp³-hybridized carbons (Fsp3) is 0.286. The SMILES string of the molecule is CN(N=CCC(F)(F)F)C(=O)c1cc(NC(=O)C2C(c3cc(Cl)cc(Cl)c3)C2(Cl)Cl)ccc1Cl. The summed E-state index contributed by atoms with van der Waals surface area (Å²) < 4.78 is 35.4. The zero-order valence-corrected chi connectivity index (χ0v) is 20.9. The molecule has 1 aliphatic rings. The van der Waals surface area contributed by atoms with Crippen LogP contribution < -0.4 is 5.32 Å². The lowest BCUT2D eigenvalue weighted by atomic mass is 10.1. The smallest absolute Gasteiger partial charge is 0.326 e. The van der Waals surface area contributed by atoms with E-state index in [0.717, 1.165) is 0 Å². The molecule has 2 unspecified atom stereocenters. The number of rotatable bonds is 6. The first-order valence-electron chi connectivity index (χ1n) is 9.52. The molecule has 2 aromatic carbocycles. The van der Waals surface area contributed by atoms with Crippen molar-refractivity contribution in [3.63, 3.8) is 0 Å². The molecule has 182 valence electrons. The van der Waals surface area contributed by atoms with Crippen LogP contribution in [0.2, 0.25) is 15.1 Å². The Morgan fingerprint density at radius 2 is 1.74 bits per heavy atom. The Hall–Kier alpha value is -1.71. The predicted octanol–water partition coefficient (Wildman–Crippen LogP) is 7.18. The number of nitrogens with one attached hydrogen (secondary N) is 1. The Bertz CT molecular complexity index is 1140. The number of alkyl halides is 5. The van der Waals surface area contributed by atoms with Crippen LogP contribution in [-0.4, -0.2) is 40.6 Å². The molecule has 1 fully saturated rings. The Morgan fingerprint density at radius 1 is 1.12 bits per heavy atom. The summed E-state index contributed by atoms with van der Waals surface area (Å²) in [5.41, 5.74) is 0.709. The summed E-state index contributed by atoms with van der Waals surface area (Å²) in [5.74, 6) is -2.71. The molecular formula is C21H15Cl5F3N3O2. The van der Waals surface area contributed by atoms with Crippen LogP contribution in [0.3, 0.4) is 0 Å². The molecule has 2 amide bonds. The van der Waals surface area contributed by atoms with E-state index >= 15 is 0 Å². The topological polar surface area (TPSA) is 61.8 Å². The Balaban J connectivity index is 1.75. The molecule has 0 heterocycles. The molecule has 3 rings (SSSR count). The second kappa shape index (κ2) is 10.1. The molecule has 1 N–H and O–H groups in total. The zero-order chi connectivity index (χ0) is 25.4. The third-order valence-electron chi connectivity index (χ3n) is 4.92. The van der Waals surface area contributed by atoms with Gasteiger partial charge in [0.2, 0.25) is 5.91 Å². The molecule has 1 saturated carbocycles. The van der Waals surface area contributed by atoms with Gasteiger partial charge in [-0.2, -0.15) is 18.3 Å². The van der Waals surface area contributed by atoms with Crippen LogP contribution in [0.4, 0.5) is 18.9 Å². The van der Waals surface area contributed by atoms with E-state index in [-0.39, 0.29) is 16.3 Å². The number of hydrogen-bond acceptors (Lipinski definition) is 3. The number of amides is 2. The summed E-state index contributed by atoms with van der Waals surface area (Å²) in [6.45, 7) is 0. The van der Waals surface area contributed by atoms with Gasteiger partial charge in [0.05, 0.1) is 22.9 Å². The highest BCUT2D eigenvalue weighted by molar-refractivity contribution is 6.53. The minimum atomic E-state index is -4.45. The number of anilines is 1. The maximum atomic E-state index is 12.9. The van der Waals surface area contributed by atoms with Crippen molar-refractivity contribution in [2.24, 2.45) is 11.0 Å². The fourth-order valence-electron chi connectivity index (χ4n) is 3.30. The molecule has 0 bridgehead atoms. The van der Waals surface area contributed by atoms with Crippen molar-refractivity contribution in [3.05, 3.63) is 62.6 Å². The third kappa shape index (κ3) is 6.29. The zero-order valence-electron chi connectivity index (χ0n) is 17.1. The Labute approximate surface area is 217 Å². The Morgan fingerprint density at radius 3 is 2.32 bits per heavy atom. The summed E-state index contributed by atoms with van der Waals surface area (Å²) in [5, 5.41) is 7.54. The highest BCUT2D eigenvalue weighted by Crippen LogP contribution is 2.65. The van der Waals surface area contributed by atoms with Crippen molar-refractivity contribution in [2.45, 2.75) is 22.8 Å². The molecule has 2 atom stereocenters. The number of hydrazone groups is 1. The van der Waals surface area contributed by atoms with Gasteiger partial charge in [-0.15, -0.1) is 23.2 Å². The molecule has 34 heavy (non-hydrogen) atoms. The fourth-order valence-corrected chi connectivity index (χ4v) is 4.87. The lowest BCUT2D eigenvalue weighted by molar-refractivity contribution is -0.120. The third-order valence-corrected chi connectivity index (χ3v) is 6.62. The quantitative estimate of drug-likeness (QED) is 0.225. The molecule has 0 spiro atoms. The van der Waals surface area contributed by atoms with Crippen molar-refractivity contribution >= 4 is 81.7 Å². The first-order valence-corrected chi connectivity index (χ1v) is 11.4. The van der Waals surface area contributed by atoms with Crippen LogP contribution in [0.1, 0.15) is 28.3 Å². The van der Waals surface area contributed by atoms with Gasteiger partial charge in [0, 0.05) is 34.9 Å². The minimum Gasteiger partial charge on any atom is -0.326 e. The summed E-state index contributed by atoms with van der Waals surface area (Å²) in [6.07, 6.45) is -5.19. The summed E-state index contributed by atoms with van der Waals surface area (Å²) in [4.78, 5) is 25.5. The molecule has 0 radical (unpaired) electrons. The number of carbonyl (C=O) groups is 2. The van der Waals surface area contributed by atoms with Gasteiger partial charge in [-0.1, -0.05) is 34.8 Å². The van der Waals surface area contributed by atoms with E-state index in [9.17, 15) is 22.8 Å². The molecule has 0 saturated heterocycles. The van der Waals surface area contributed by atoms with Crippen LogP contribution in [0.25, 0.3) is 0 Å². The van der Waals surface area contributed by atoms with Gasteiger partial charge < -0.3 is 5.32 Å². The van der Waals surface area contributed by atoms with E-state index in [0.29, 0.717) is 26.8 Å². The Kier molecular flexibility index (Phi) is 7.99. The number of carbonyl (C=O) groups excluding carboxylic acids is 2. The number of halogens is 8. The minimum absolute atomic E-state index is 0.0165. The van der Waals surface area contributed by atoms with Crippen molar-refractivity contribution in [3.8, 4) is 0 Å². The van der Waals surface area contributed by atoms with Crippen LogP contribution in [0, 0.1) is 5.92 Å². The van der Waals surface area contributed by atoms with Gasteiger partial charge in [-0.3, -0.25) is 9.59 Å². The predicted molar refractivity (Wildman–Crippen MR) is 128 cm³/mol. The molecule has 0 aromatic heterocycles. The van der Waals surface area contributed by atoms with Crippen LogP contribution in [0.15, 0.2) is 41.5 Å². The van der Waals surface area contributed by atoms with Gasteiger partial charge in [0.1, 0.15) is 4.33 Å². The van der Waals surface area contributed by atoms with Gasteiger partial charge in [-0.05, 0) is 42.0 Å². The first kappa shape index (κ1) is 26.9. The second-order valence-electron chi connectivity index (χ2n) is 7.46. The second-order valence-corrected chi connectivity index (χ2v) is 10.2. The highest BCUT2D eigenvalue weighted by atomic mass is 35.5. The van der Waals surface area contributed by atoms with Crippen LogP contribution in [-0.2, 0) is 4.79 Å². The summed E-state index contributed by atoms with van der Waals surface area (Å²) in [6, 6.07) is 8.83. The first-order chi connectivity index (χ1) is 15.7. The highest BCUT2D eigenvalue weighted by Gasteiger charge is 2.67. The largest absolute Gasteiger partial charge is 0.394 e. The van der Waals surface area contributed by atoms with E-state index in [2.05, 4.69) is 10.4 Å². The molecule has 5 nitrogen and oxygen atoms in total.